The van der Waals surface area contributed by atoms with Gasteiger partial charge < -0.3 is 10.1 Å². The standard InChI is InChI=1S/C13H17F2NO2S/c1-3-18-13(17)11(16-2)6-7-19-12-5-4-9(14)8-10(12)15/h4-5,8,11,16H,3,6-7H2,1-2H3. The lowest BCUT2D eigenvalue weighted by atomic mass is 10.2. The molecule has 3 nitrogen and oxygen atoms in total. The van der Waals surface area contributed by atoms with Crippen LogP contribution in [0.4, 0.5) is 8.78 Å². The second-order valence-corrected chi connectivity index (χ2v) is 4.94. The van der Waals surface area contributed by atoms with E-state index < -0.39 is 17.7 Å². The summed E-state index contributed by atoms with van der Waals surface area (Å²) in [4.78, 5) is 11.9. The van der Waals surface area contributed by atoms with Crippen LogP contribution < -0.4 is 5.32 Å². The highest BCUT2D eigenvalue weighted by Gasteiger charge is 2.17. The molecule has 0 aliphatic heterocycles. The predicted octanol–water partition coefficient (Wildman–Crippen LogP) is 2.60. The van der Waals surface area contributed by atoms with Gasteiger partial charge in [0.2, 0.25) is 0 Å². The lowest BCUT2D eigenvalue weighted by Crippen LogP contribution is -2.36. The minimum atomic E-state index is -0.596. The van der Waals surface area contributed by atoms with Crippen LogP contribution in [0.15, 0.2) is 23.1 Å². The van der Waals surface area contributed by atoms with Crippen molar-refractivity contribution in [1.29, 1.82) is 0 Å². The third-order valence-corrected chi connectivity index (χ3v) is 3.56. The zero-order valence-corrected chi connectivity index (χ0v) is 11.7. The number of thioether (sulfide) groups is 1. The second-order valence-electron chi connectivity index (χ2n) is 3.81. The highest BCUT2D eigenvalue weighted by atomic mass is 32.2. The van der Waals surface area contributed by atoms with Gasteiger partial charge in [-0.1, -0.05) is 0 Å². The maximum absolute atomic E-state index is 13.4. The summed E-state index contributed by atoms with van der Waals surface area (Å²) in [7, 11) is 1.67. The third kappa shape index (κ3) is 5.16. The zero-order valence-electron chi connectivity index (χ0n) is 10.9. The zero-order chi connectivity index (χ0) is 14.3. The number of likely N-dealkylation sites (N-methyl/N-ethyl adjacent to an activating group) is 1. The van der Waals surface area contributed by atoms with E-state index in [1.54, 1.807) is 14.0 Å². The summed E-state index contributed by atoms with van der Waals surface area (Å²) in [6.07, 6.45) is 0.511. The minimum absolute atomic E-state index is 0.315. The quantitative estimate of drug-likeness (QED) is 0.618. The molecule has 1 rings (SSSR count). The number of carbonyl (C=O) groups excluding carboxylic acids is 1. The number of nitrogens with one attached hydrogen (secondary N) is 1. The Kier molecular flexibility index (Phi) is 6.80. The summed E-state index contributed by atoms with van der Waals surface area (Å²) in [6, 6.07) is 3.06. The van der Waals surface area contributed by atoms with Crippen molar-refractivity contribution >= 4 is 17.7 Å². The molecule has 1 N–H and O–H groups in total. The maximum Gasteiger partial charge on any atom is 0.323 e. The fourth-order valence-corrected chi connectivity index (χ4v) is 2.44. The Hall–Kier alpha value is -1.14. The number of carbonyl (C=O) groups is 1. The minimum Gasteiger partial charge on any atom is -0.465 e. The van der Waals surface area contributed by atoms with Gasteiger partial charge in [0.25, 0.3) is 0 Å². The molecule has 1 aromatic carbocycles. The van der Waals surface area contributed by atoms with Crippen molar-refractivity contribution in [2.75, 3.05) is 19.4 Å². The van der Waals surface area contributed by atoms with E-state index in [2.05, 4.69) is 5.32 Å². The topological polar surface area (TPSA) is 38.3 Å². The van der Waals surface area contributed by atoms with Gasteiger partial charge >= 0.3 is 5.97 Å². The molecule has 0 bridgehead atoms. The van der Waals surface area contributed by atoms with E-state index in [4.69, 9.17) is 4.74 Å². The van der Waals surface area contributed by atoms with E-state index >= 15 is 0 Å². The molecule has 1 aromatic rings. The summed E-state index contributed by atoms with van der Waals surface area (Å²) >= 11 is 1.25. The number of rotatable bonds is 7. The van der Waals surface area contributed by atoms with Gasteiger partial charge in [0.1, 0.15) is 17.7 Å². The average molecular weight is 289 g/mol. The first-order valence-electron chi connectivity index (χ1n) is 6.00. The number of benzene rings is 1. The number of ether oxygens (including phenoxy) is 1. The van der Waals surface area contributed by atoms with Crippen molar-refractivity contribution in [1.82, 2.24) is 5.32 Å². The van der Waals surface area contributed by atoms with Crippen molar-refractivity contribution in [2.24, 2.45) is 0 Å². The predicted molar refractivity (Wildman–Crippen MR) is 71.2 cm³/mol. The van der Waals surface area contributed by atoms with E-state index in [1.807, 2.05) is 0 Å². The fraction of sp³-hybridized carbons (Fsp3) is 0.462. The Balaban J connectivity index is 2.46. The fourth-order valence-electron chi connectivity index (χ4n) is 1.50. The van der Waals surface area contributed by atoms with Gasteiger partial charge in [-0.25, -0.2) is 8.78 Å². The van der Waals surface area contributed by atoms with E-state index in [1.165, 1.54) is 23.9 Å². The molecule has 0 radical (unpaired) electrons. The van der Waals surface area contributed by atoms with Crippen LogP contribution in [0.3, 0.4) is 0 Å². The molecule has 106 valence electrons. The monoisotopic (exact) mass is 289 g/mol. The number of hydrogen-bond donors (Lipinski definition) is 1. The Labute approximate surface area is 115 Å². The molecule has 19 heavy (non-hydrogen) atoms. The van der Waals surface area contributed by atoms with Crippen LogP contribution in [0.25, 0.3) is 0 Å². The largest absolute Gasteiger partial charge is 0.465 e. The second kappa shape index (κ2) is 8.12. The maximum atomic E-state index is 13.4. The first kappa shape index (κ1) is 15.9. The van der Waals surface area contributed by atoms with Gasteiger partial charge in [0, 0.05) is 16.7 Å². The van der Waals surface area contributed by atoms with Crippen LogP contribution in [0.5, 0.6) is 0 Å². The van der Waals surface area contributed by atoms with Crippen LogP contribution in [0.2, 0.25) is 0 Å². The van der Waals surface area contributed by atoms with Crippen LogP contribution in [-0.4, -0.2) is 31.4 Å². The van der Waals surface area contributed by atoms with Gasteiger partial charge in [-0.3, -0.25) is 4.79 Å². The van der Waals surface area contributed by atoms with Crippen molar-refractivity contribution < 1.29 is 18.3 Å². The molecule has 0 saturated heterocycles. The Bertz CT molecular complexity index is 429. The van der Waals surface area contributed by atoms with Crippen LogP contribution in [0.1, 0.15) is 13.3 Å². The smallest absolute Gasteiger partial charge is 0.323 e. The summed E-state index contributed by atoms with van der Waals surface area (Å²) in [5.74, 6) is -0.957. The van der Waals surface area contributed by atoms with Gasteiger partial charge in [-0.05, 0) is 32.5 Å². The summed E-state index contributed by atoms with van der Waals surface area (Å²) in [6.45, 7) is 2.07. The van der Waals surface area contributed by atoms with Crippen LogP contribution in [0, 0.1) is 11.6 Å². The van der Waals surface area contributed by atoms with E-state index in [9.17, 15) is 13.6 Å². The lowest BCUT2D eigenvalue weighted by molar-refractivity contribution is -0.145. The summed E-state index contributed by atoms with van der Waals surface area (Å²) in [5, 5.41) is 2.86. The van der Waals surface area contributed by atoms with Crippen LogP contribution >= 0.6 is 11.8 Å². The van der Waals surface area contributed by atoms with Gasteiger partial charge in [0.15, 0.2) is 0 Å². The highest BCUT2D eigenvalue weighted by molar-refractivity contribution is 7.99. The SMILES string of the molecule is CCOC(=O)C(CCSc1ccc(F)cc1F)NC. The molecule has 0 aromatic heterocycles. The van der Waals surface area contributed by atoms with E-state index in [0.29, 0.717) is 23.7 Å². The lowest BCUT2D eigenvalue weighted by Gasteiger charge is -2.14. The summed E-state index contributed by atoms with van der Waals surface area (Å²) in [5.41, 5.74) is 0. The molecule has 0 saturated carbocycles. The first-order chi connectivity index (χ1) is 9.08. The summed E-state index contributed by atoms with van der Waals surface area (Å²) < 4.78 is 31.0. The molecule has 1 unspecified atom stereocenters. The van der Waals surface area contributed by atoms with Crippen molar-refractivity contribution in [3.63, 3.8) is 0 Å². The third-order valence-electron chi connectivity index (χ3n) is 2.48. The van der Waals surface area contributed by atoms with Gasteiger partial charge in [-0.15, -0.1) is 11.8 Å². The molecular weight excluding hydrogens is 272 g/mol. The average Bonchev–Trinajstić information content (AvgIpc) is 2.37. The van der Waals surface area contributed by atoms with Crippen molar-refractivity contribution in [3.8, 4) is 0 Å². The Morgan fingerprint density at radius 3 is 2.79 bits per heavy atom. The molecule has 1 atom stereocenters. The van der Waals surface area contributed by atoms with Crippen molar-refractivity contribution in [2.45, 2.75) is 24.3 Å². The normalized spacial score (nSPS) is 12.2. The first-order valence-corrected chi connectivity index (χ1v) is 6.98. The molecule has 0 fully saturated rings. The van der Waals surface area contributed by atoms with E-state index in [-0.39, 0.29) is 5.97 Å². The highest BCUT2D eigenvalue weighted by Crippen LogP contribution is 2.23. The van der Waals surface area contributed by atoms with Crippen molar-refractivity contribution in [3.05, 3.63) is 29.8 Å². The molecule has 0 spiro atoms. The molecule has 6 heteroatoms. The van der Waals surface area contributed by atoms with E-state index in [0.717, 1.165) is 6.07 Å². The number of esters is 1. The number of halogens is 2. The Morgan fingerprint density at radius 1 is 1.47 bits per heavy atom. The Morgan fingerprint density at radius 2 is 2.21 bits per heavy atom. The molecular formula is C13H17F2NO2S. The molecule has 0 aliphatic carbocycles. The number of hydrogen-bond acceptors (Lipinski definition) is 4. The molecule has 0 aliphatic rings. The molecule has 0 amide bonds. The van der Waals surface area contributed by atoms with Gasteiger partial charge in [-0.2, -0.15) is 0 Å². The van der Waals surface area contributed by atoms with Crippen LogP contribution in [-0.2, 0) is 9.53 Å². The molecule has 0 heterocycles. The van der Waals surface area contributed by atoms with Gasteiger partial charge in [0.05, 0.1) is 6.61 Å².